The number of rotatable bonds is 2. The maximum Gasteiger partial charge on any atom is 0.269 e. The van der Waals surface area contributed by atoms with Crippen molar-refractivity contribution in [2.45, 2.75) is 32.2 Å². The Bertz CT molecular complexity index is 415. The van der Waals surface area contributed by atoms with E-state index in [1.807, 2.05) is 0 Å². The molecule has 1 aliphatic rings. The summed E-state index contributed by atoms with van der Waals surface area (Å²) in [5, 5.41) is 10.5. The van der Waals surface area contributed by atoms with Crippen molar-refractivity contribution in [2.24, 2.45) is 11.1 Å². The van der Waals surface area contributed by atoms with E-state index in [1.54, 1.807) is 12.1 Å². The minimum Gasteiger partial charge on any atom is -0.321 e. The van der Waals surface area contributed by atoms with Crippen LogP contribution in [0.25, 0.3) is 0 Å². The largest absolute Gasteiger partial charge is 0.321 e. The fourth-order valence-electron chi connectivity index (χ4n) is 2.78. The standard InChI is InChI=1S/C12H16N2O2/c1-11(2)7-12(13,8-11)9-3-5-10(6-4-9)14(15)16/h3-6H,7-8,13H2,1-2H3. The molecular formula is C12H16N2O2. The average molecular weight is 220 g/mol. The Morgan fingerprint density at radius 1 is 1.25 bits per heavy atom. The van der Waals surface area contributed by atoms with E-state index in [0.717, 1.165) is 18.4 Å². The first kappa shape index (κ1) is 11.1. The van der Waals surface area contributed by atoms with Crippen molar-refractivity contribution in [3.8, 4) is 0 Å². The molecule has 0 unspecified atom stereocenters. The summed E-state index contributed by atoms with van der Waals surface area (Å²) in [6.07, 6.45) is 1.86. The third kappa shape index (κ3) is 1.80. The van der Waals surface area contributed by atoms with Crippen molar-refractivity contribution in [1.29, 1.82) is 0 Å². The van der Waals surface area contributed by atoms with Gasteiger partial charge in [-0.25, -0.2) is 0 Å². The molecule has 0 aromatic heterocycles. The van der Waals surface area contributed by atoms with E-state index >= 15 is 0 Å². The van der Waals surface area contributed by atoms with Gasteiger partial charge in [-0.15, -0.1) is 0 Å². The van der Waals surface area contributed by atoms with E-state index in [9.17, 15) is 10.1 Å². The van der Waals surface area contributed by atoms with Gasteiger partial charge < -0.3 is 5.73 Å². The molecule has 0 radical (unpaired) electrons. The molecule has 1 fully saturated rings. The van der Waals surface area contributed by atoms with Gasteiger partial charge in [0, 0.05) is 17.7 Å². The van der Waals surface area contributed by atoms with Crippen LogP contribution >= 0.6 is 0 Å². The van der Waals surface area contributed by atoms with E-state index in [1.165, 1.54) is 12.1 Å². The van der Waals surface area contributed by atoms with Gasteiger partial charge in [0.15, 0.2) is 0 Å². The highest BCUT2D eigenvalue weighted by molar-refractivity contribution is 5.37. The highest BCUT2D eigenvalue weighted by Gasteiger charge is 2.47. The van der Waals surface area contributed by atoms with Crippen molar-refractivity contribution in [2.75, 3.05) is 0 Å². The smallest absolute Gasteiger partial charge is 0.269 e. The summed E-state index contributed by atoms with van der Waals surface area (Å²) in [5.74, 6) is 0. The first-order valence-corrected chi connectivity index (χ1v) is 5.36. The Labute approximate surface area is 94.6 Å². The van der Waals surface area contributed by atoms with Gasteiger partial charge in [0.2, 0.25) is 0 Å². The molecule has 16 heavy (non-hydrogen) atoms. The van der Waals surface area contributed by atoms with Gasteiger partial charge >= 0.3 is 0 Å². The number of non-ortho nitro benzene ring substituents is 1. The molecule has 1 saturated carbocycles. The molecule has 0 saturated heterocycles. The fraction of sp³-hybridized carbons (Fsp3) is 0.500. The van der Waals surface area contributed by atoms with Crippen molar-refractivity contribution >= 4 is 5.69 Å². The van der Waals surface area contributed by atoms with Crippen LogP contribution in [0.4, 0.5) is 5.69 Å². The Kier molecular flexibility index (Phi) is 2.27. The van der Waals surface area contributed by atoms with Crippen LogP contribution in [0.2, 0.25) is 0 Å². The van der Waals surface area contributed by atoms with Crippen LogP contribution in [-0.2, 0) is 5.54 Å². The van der Waals surface area contributed by atoms with Crippen LogP contribution in [-0.4, -0.2) is 4.92 Å². The van der Waals surface area contributed by atoms with Crippen LogP contribution in [0.1, 0.15) is 32.3 Å². The van der Waals surface area contributed by atoms with Crippen LogP contribution < -0.4 is 5.73 Å². The molecule has 4 heteroatoms. The minimum atomic E-state index is -0.391. The van der Waals surface area contributed by atoms with E-state index in [0.29, 0.717) is 0 Å². The van der Waals surface area contributed by atoms with Gasteiger partial charge in [0.1, 0.15) is 0 Å². The molecular weight excluding hydrogens is 204 g/mol. The number of hydrogen-bond donors (Lipinski definition) is 1. The second kappa shape index (κ2) is 3.28. The van der Waals surface area contributed by atoms with Crippen LogP contribution in [0.5, 0.6) is 0 Å². The third-order valence-corrected chi connectivity index (χ3v) is 3.24. The Morgan fingerprint density at radius 2 is 1.75 bits per heavy atom. The molecule has 0 amide bonds. The molecule has 2 N–H and O–H groups in total. The number of nitrogens with two attached hydrogens (primary N) is 1. The first-order chi connectivity index (χ1) is 7.32. The van der Waals surface area contributed by atoms with Crippen molar-refractivity contribution in [3.63, 3.8) is 0 Å². The number of nitrogens with zero attached hydrogens (tertiary/aromatic N) is 1. The molecule has 0 atom stereocenters. The average Bonchev–Trinajstić information content (AvgIpc) is 2.14. The summed E-state index contributed by atoms with van der Waals surface area (Å²) in [4.78, 5) is 10.1. The molecule has 1 aromatic carbocycles. The normalized spacial score (nSPS) is 21.2. The number of benzene rings is 1. The molecule has 0 bridgehead atoms. The predicted octanol–water partition coefficient (Wildman–Crippen LogP) is 2.57. The van der Waals surface area contributed by atoms with Crippen LogP contribution in [0, 0.1) is 15.5 Å². The first-order valence-electron chi connectivity index (χ1n) is 5.36. The SMILES string of the molecule is CC1(C)CC(N)(c2ccc([N+](=O)[O-])cc2)C1. The van der Waals surface area contributed by atoms with E-state index in [-0.39, 0.29) is 16.6 Å². The highest BCUT2D eigenvalue weighted by Crippen LogP contribution is 2.51. The van der Waals surface area contributed by atoms with Gasteiger partial charge in [-0.2, -0.15) is 0 Å². The highest BCUT2D eigenvalue weighted by atomic mass is 16.6. The van der Waals surface area contributed by atoms with Gasteiger partial charge in [-0.3, -0.25) is 10.1 Å². The molecule has 1 aromatic rings. The Balaban J connectivity index is 2.20. The van der Waals surface area contributed by atoms with E-state index in [2.05, 4.69) is 13.8 Å². The molecule has 0 aliphatic heterocycles. The molecule has 1 aliphatic carbocycles. The Hall–Kier alpha value is -1.42. The summed E-state index contributed by atoms with van der Waals surface area (Å²) in [7, 11) is 0. The summed E-state index contributed by atoms with van der Waals surface area (Å²) in [6, 6.07) is 6.59. The predicted molar refractivity (Wildman–Crippen MR) is 62.0 cm³/mol. The second-order valence-corrected chi connectivity index (χ2v) is 5.48. The zero-order valence-corrected chi connectivity index (χ0v) is 9.56. The lowest BCUT2D eigenvalue weighted by Crippen LogP contribution is -2.53. The van der Waals surface area contributed by atoms with Gasteiger partial charge in [-0.05, 0) is 23.8 Å². The summed E-state index contributed by atoms with van der Waals surface area (Å²) >= 11 is 0. The lowest BCUT2D eigenvalue weighted by Gasteiger charge is -2.51. The van der Waals surface area contributed by atoms with Crippen molar-refractivity contribution < 1.29 is 4.92 Å². The maximum absolute atomic E-state index is 10.5. The second-order valence-electron chi connectivity index (χ2n) is 5.48. The zero-order valence-electron chi connectivity index (χ0n) is 9.56. The van der Waals surface area contributed by atoms with Crippen molar-refractivity contribution in [3.05, 3.63) is 39.9 Å². The van der Waals surface area contributed by atoms with E-state index < -0.39 is 4.92 Å². The topological polar surface area (TPSA) is 69.2 Å². The molecule has 0 spiro atoms. The molecule has 4 nitrogen and oxygen atoms in total. The maximum atomic E-state index is 10.5. The van der Waals surface area contributed by atoms with E-state index in [4.69, 9.17) is 5.73 Å². The zero-order chi connectivity index (χ0) is 12.0. The number of nitro groups is 1. The Morgan fingerprint density at radius 3 is 2.12 bits per heavy atom. The third-order valence-electron chi connectivity index (χ3n) is 3.24. The monoisotopic (exact) mass is 220 g/mol. The molecule has 2 rings (SSSR count). The van der Waals surface area contributed by atoms with Gasteiger partial charge in [0.05, 0.1) is 4.92 Å². The van der Waals surface area contributed by atoms with Crippen molar-refractivity contribution in [1.82, 2.24) is 0 Å². The fourth-order valence-corrected chi connectivity index (χ4v) is 2.78. The minimum absolute atomic E-state index is 0.117. The van der Waals surface area contributed by atoms with Crippen LogP contribution in [0.15, 0.2) is 24.3 Å². The quantitative estimate of drug-likeness (QED) is 0.615. The number of nitro benzene ring substituents is 1. The molecule has 86 valence electrons. The lowest BCUT2D eigenvalue weighted by molar-refractivity contribution is -0.384. The number of hydrogen-bond acceptors (Lipinski definition) is 3. The summed E-state index contributed by atoms with van der Waals surface area (Å²) in [6.45, 7) is 4.37. The summed E-state index contributed by atoms with van der Waals surface area (Å²) < 4.78 is 0. The molecule has 0 heterocycles. The lowest BCUT2D eigenvalue weighted by atomic mass is 9.57. The van der Waals surface area contributed by atoms with Crippen LogP contribution in [0.3, 0.4) is 0 Å². The summed E-state index contributed by atoms with van der Waals surface area (Å²) in [5.41, 5.74) is 7.37. The van der Waals surface area contributed by atoms with Gasteiger partial charge in [0.25, 0.3) is 5.69 Å². The van der Waals surface area contributed by atoms with Gasteiger partial charge in [-0.1, -0.05) is 26.0 Å².